The fraction of sp³-hybridized carbons (Fsp3) is 0.136. The Bertz CT molecular complexity index is 1160. The highest BCUT2D eigenvalue weighted by Gasteiger charge is 2.35. The van der Waals surface area contributed by atoms with Gasteiger partial charge in [0.25, 0.3) is 0 Å². The van der Waals surface area contributed by atoms with Gasteiger partial charge in [0.1, 0.15) is 0 Å². The highest BCUT2D eigenvalue weighted by molar-refractivity contribution is 6.10. The summed E-state index contributed by atoms with van der Waals surface area (Å²) in [6, 6.07) is 16.7. The molecule has 1 aliphatic heterocycles. The number of benzene rings is 2. The molecular formula is C22H19N3O. The Balaban J connectivity index is 1.84. The van der Waals surface area contributed by atoms with Gasteiger partial charge in [0.15, 0.2) is 11.7 Å². The zero-order chi connectivity index (χ0) is 18.0. The molecule has 4 nitrogen and oxygen atoms in total. The lowest BCUT2D eigenvalue weighted by Crippen LogP contribution is -2.28. The highest BCUT2D eigenvalue weighted by atomic mass is 16.3. The van der Waals surface area contributed by atoms with Crippen molar-refractivity contribution in [3.05, 3.63) is 72.9 Å². The molecule has 4 heteroatoms. The zero-order valence-electron chi connectivity index (χ0n) is 15.1. The molecule has 4 aromatic rings. The molecule has 0 N–H and O–H groups in total. The van der Waals surface area contributed by atoms with Crippen LogP contribution in [0.15, 0.2) is 52.9 Å². The van der Waals surface area contributed by atoms with Gasteiger partial charge in [0.2, 0.25) is 5.71 Å². The largest absolute Gasteiger partial charge is 0.435 e. The first-order valence-corrected chi connectivity index (χ1v) is 8.67. The lowest BCUT2D eigenvalue weighted by Gasteiger charge is -2.27. The molecule has 128 valence electrons. The third-order valence-electron chi connectivity index (χ3n) is 5.17. The van der Waals surface area contributed by atoms with Gasteiger partial charge in [-0.25, -0.2) is 4.98 Å². The molecule has 0 amide bonds. The number of anilines is 3. The van der Waals surface area contributed by atoms with Crippen LogP contribution in [0.25, 0.3) is 22.1 Å². The van der Waals surface area contributed by atoms with Crippen LogP contribution in [0.5, 0.6) is 0 Å². The number of hydrogen-bond donors (Lipinski definition) is 0. The van der Waals surface area contributed by atoms with E-state index in [1.165, 1.54) is 0 Å². The monoisotopic (exact) mass is 341 g/mol. The third-order valence-corrected chi connectivity index (χ3v) is 5.17. The molecule has 0 atom stereocenters. The van der Waals surface area contributed by atoms with Crippen LogP contribution in [0.3, 0.4) is 0 Å². The number of pyridine rings is 1. The number of para-hydroxylation sites is 2. The van der Waals surface area contributed by atoms with E-state index in [2.05, 4.69) is 65.0 Å². The number of hydrogen-bond acceptors (Lipinski definition) is 4. The van der Waals surface area contributed by atoms with Crippen LogP contribution in [-0.2, 0) is 0 Å². The predicted molar refractivity (Wildman–Crippen MR) is 107 cm³/mol. The number of fused-ring (bicyclic) bond motifs is 4. The van der Waals surface area contributed by atoms with E-state index in [1.54, 1.807) is 0 Å². The maximum Gasteiger partial charge on any atom is 0.227 e. The van der Waals surface area contributed by atoms with Crippen molar-refractivity contribution in [2.75, 3.05) is 16.8 Å². The topological polar surface area (TPSA) is 32.5 Å². The third kappa shape index (κ3) is 1.93. The van der Waals surface area contributed by atoms with E-state index in [-0.39, 0.29) is 0 Å². The maximum absolute atomic E-state index is 6.24. The Morgan fingerprint density at radius 1 is 0.923 bits per heavy atom. The summed E-state index contributed by atoms with van der Waals surface area (Å²) in [6.45, 7) is 8.40. The predicted octanol–water partition coefficient (Wildman–Crippen LogP) is 5.51. The Kier molecular flexibility index (Phi) is 3.08. The van der Waals surface area contributed by atoms with Crippen LogP contribution in [-0.4, -0.2) is 12.0 Å². The minimum absolute atomic E-state index is 0.679. The van der Waals surface area contributed by atoms with E-state index in [0.717, 1.165) is 50.8 Å². The standard InChI is InChI=1S/C22H19N3O/c1-13-9-11-16-17-12-10-14(2)23-22(17)26-21(16)20(13)25-15(3)24(4)18-7-5-6-8-19(18)25/h5-12H,3H2,1-2,4H3. The van der Waals surface area contributed by atoms with Crippen molar-refractivity contribution in [1.82, 2.24) is 4.98 Å². The van der Waals surface area contributed by atoms with Crippen molar-refractivity contribution in [2.24, 2.45) is 0 Å². The Morgan fingerprint density at radius 2 is 1.65 bits per heavy atom. The molecule has 3 heterocycles. The van der Waals surface area contributed by atoms with Crippen LogP contribution < -0.4 is 9.80 Å². The molecule has 0 spiro atoms. The first-order valence-electron chi connectivity index (χ1n) is 8.67. The first-order chi connectivity index (χ1) is 12.6. The number of aryl methyl sites for hydroxylation is 2. The maximum atomic E-state index is 6.24. The smallest absolute Gasteiger partial charge is 0.227 e. The number of aromatic nitrogens is 1. The van der Waals surface area contributed by atoms with Crippen molar-refractivity contribution in [2.45, 2.75) is 13.8 Å². The van der Waals surface area contributed by atoms with Crippen molar-refractivity contribution in [1.29, 1.82) is 0 Å². The van der Waals surface area contributed by atoms with Crippen LogP contribution in [0, 0.1) is 26.9 Å². The number of furan rings is 1. The molecule has 2 aromatic heterocycles. The molecule has 0 bridgehead atoms. The molecule has 0 fully saturated rings. The second-order valence-corrected chi connectivity index (χ2v) is 6.81. The highest BCUT2D eigenvalue weighted by Crippen LogP contribution is 2.49. The molecule has 1 aliphatic rings. The Hall–Kier alpha value is -3.01. The summed E-state index contributed by atoms with van der Waals surface area (Å²) in [7, 11) is 2.04. The molecule has 26 heavy (non-hydrogen) atoms. The molecule has 0 saturated heterocycles. The summed E-state index contributed by atoms with van der Waals surface area (Å²) < 4.78 is 6.24. The minimum atomic E-state index is 0.679. The molecule has 0 saturated carbocycles. The Labute approximate surface area is 152 Å². The van der Waals surface area contributed by atoms with Gasteiger partial charge < -0.3 is 14.2 Å². The first kappa shape index (κ1) is 15.3. The Morgan fingerprint density at radius 3 is 2.46 bits per heavy atom. The van der Waals surface area contributed by atoms with Crippen molar-refractivity contribution >= 4 is 39.1 Å². The van der Waals surface area contributed by atoms with Crippen LogP contribution in [0.1, 0.15) is 11.3 Å². The van der Waals surface area contributed by atoms with Gasteiger partial charge in [-0.1, -0.05) is 24.3 Å². The summed E-state index contributed by atoms with van der Waals surface area (Å²) in [5.41, 5.74) is 6.90. The van der Waals surface area contributed by atoms with E-state index in [4.69, 9.17) is 4.42 Å². The lowest BCUT2D eigenvalue weighted by atomic mass is 10.1. The average Bonchev–Trinajstić information content (AvgIpc) is 3.11. The molecule has 0 aliphatic carbocycles. The summed E-state index contributed by atoms with van der Waals surface area (Å²) in [5.74, 6) is 0. The zero-order valence-corrected chi connectivity index (χ0v) is 15.1. The molecule has 0 unspecified atom stereocenters. The van der Waals surface area contributed by atoms with Gasteiger partial charge in [-0.15, -0.1) is 0 Å². The van der Waals surface area contributed by atoms with Crippen molar-refractivity contribution in [3.63, 3.8) is 0 Å². The van der Waals surface area contributed by atoms with Crippen molar-refractivity contribution in [3.8, 4) is 0 Å². The second-order valence-electron chi connectivity index (χ2n) is 6.81. The van der Waals surface area contributed by atoms with Gasteiger partial charge in [0.05, 0.1) is 17.1 Å². The van der Waals surface area contributed by atoms with Gasteiger partial charge >= 0.3 is 0 Å². The van der Waals surface area contributed by atoms with Gasteiger partial charge in [0, 0.05) is 23.5 Å². The van der Waals surface area contributed by atoms with E-state index in [9.17, 15) is 0 Å². The van der Waals surface area contributed by atoms with E-state index in [1.807, 2.05) is 26.1 Å². The van der Waals surface area contributed by atoms with Crippen LogP contribution >= 0.6 is 0 Å². The second kappa shape index (κ2) is 5.24. The summed E-state index contributed by atoms with van der Waals surface area (Å²) >= 11 is 0. The van der Waals surface area contributed by atoms with E-state index >= 15 is 0 Å². The van der Waals surface area contributed by atoms with Gasteiger partial charge in [-0.3, -0.25) is 0 Å². The average molecular weight is 341 g/mol. The summed E-state index contributed by atoms with van der Waals surface area (Å²) in [6.07, 6.45) is 0.909. The quantitative estimate of drug-likeness (QED) is 0.457. The van der Waals surface area contributed by atoms with E-state index in [0.29, 0.717) is 5.71 Å². The normalized spacial score (nSPS) is 14.6. The van der Waals surface area contributed by atoms with E-state index < -0.39 is 0 Å². The molecular weight excluding hydrogens is 322 g/mol. The fourth-order valence-corrected chi connectivity index (χ4v) is 3.79. The van der Waals surface area contributed by atoms with Gasteiger partial charge in [-0.2, -0.15) is 0 Å². The van der Waals surface area contributed by atoms with Crippen LogP contribution in [0.2, 0.25) is 0 Å². The summed E-state index contributed by atoms with van der Waals surface area (Å²) in [4.78, 5) is 8.86. The SMILES string of the molecule is [CH2][C]1N(C)c2ccccc2N1c1c(C)ccc2c1oc1nc(C)ccc12. The number of rotatable bonds is 1. The van der Waals surface area contributed by atoms with Gasteiger partial charge in [-0.05, 0) is 50.6 Å². The molecule has 2 radical (unpaired) electrons. The minimum Gasteiger partial charge on any atom is -0.435 e. The number of nitrogens with zero attached hydrogens (tertiary/aromatic N) is 3. The summed E-state index contributed by atoms with van der Waals surface area (Å²) in [5, 5.41) is 2.12. The molecule has 5 rings (SSSR count). The lowest BCUT2D eigenvalue weighted by molar-refractivity contribution is 0.651. The molecule has 2 aromatic carbocycles. The fourth-order valence-electron chi connectivity index (χ4n) is 3.79. The van der Waals surface area contributed by atoms with Crippen LogP contribution in [0.4, 0.5) is 17.1 Å². The van der Waals surface area contributed by atoms with Crippen molar-refractivity contribution < 1.29 is 4.42 Å².